The molecule has 1 amide bonds. The summed E-state index contributed by atoms with van der Waals surface area (Å²) in [5.41, 5.74) is -0.0674. The highest BCUT2D eigenvalue weighted by molar-refractivity contribution is 6.04. The lowest BCUT2D eigenvalue weighted by Crippen LogP contribution is -2.32. The number of rotatable bonds is 6. The number of nitrogens with zero attached hydrogens (tertiary/aromatic N) is 2. The quantitative estimate of drug-likeness (QED) is 0.788. The summed E-state index contributed by atoms with van der Waals surface area (Å²) in [5.74, 6) is -1.32. The van der Waals surface area contributed by atoms with Gasteiger partial charge in [-0.1, -0.05) is 18.2 Å². The average molecular weight is 317 g/mol. The van der Waals surface area contributed by atoms with Gasteiger partial charge in [0.25, 0.3) is 11.5 Å². The fourth-order valence-electron chi connectivity index (χ4n) is 2.25. The highest BCUT2D eigenvalue weighted by Crippen LogP contribution is 2.14. The summed E-state index contributed by atoms with van der Waals surface area (Å²) in [7, 11) is 0. The van der Waals surface area contributed by atoms with Crippen molar-refractivity contribution in [2.75, 3.05) is 6.54 Å². The van der Waals surface area contributed by atoms with Gasteiger partial charge >= 0.3 is 5.97 Å². The van der Waals surface area contributed by atoms with Crippen molar-refractivity contribution < 1.29 is 14.7 Å². The molecule has 0 fully saturated rings. The van der Waals surface area contributed by atoms with Crippen molar-refractivity contribution in [3.8, 4) is 0 Å². The smallest absolute Gasteiger partial charge is 0.303 e. The van der Waals surface area contributed by atoms with Crippen molar-refractivity contribution in [3.63, 3.8) is 0 Å². The minimum absolute atomic E-state index is 0.0139. The molecule has 0 bridgehead atoms. The van der Waals surface area contributed by atoms with Crippen LogP contribution < -0.4 is 10.9 Å². The Morgan fingerprint density at radius 2 is 1.91 bits per heavy atom. The van der Waals surface area contributed by atoms with E-state index < -0.39 is 11.9 Å². The minimum atomic E-state index is -0.906. The predicted octanol–water partition coefficient (Wildman–Crippen LogP) is 1.57. The van der Waals surface area contributed by atoms with Gasteiger partial charge in [-0.3, -0.25) is 14.4 Å². The Bertz CT molecular complexity index is 796. The molecule has 2 N–H and O–H groups in total. The number of aromatic nitrogens is 2. The van der Waals surface area contributed by atoms with E-state index in [0.717, 1.165) is 0 Å². The topological polar surface area (TPSA) is 101 Å². The first-order valence-corrected chi connectivity index (χ1v) is 7.43. The number of amides is 1. The lowest BCUT2D eigenvalue weighted by atomic mass is 10.1. The monoisotopic (exact) mass is 317 g/mol. The van der Waals surface area contributed by atoms with E-state index in [0.29, 0.717) is 17.2 Å². The third kappa shape index (κ3) is 3.74. The van der Waals surface area contributed by atoms with Crippen LogP contribution in [0.15, 0.2) is 29.1 Å². The molecular formula is C16H19N3O4. The zero-order valence-electron chi connectivity index (χ0n) is 13.1. The number of benzene rings is 1. The summed E-state index contributed by atoms with van der Waals surface area (Å²) in [4.78, 5) is 35.2. The van der Waals surface area contributed by atoms with E-state index in [1.165, 1.54) is 4.68 Å². The molecule has 7 heteroatoms. The second-order valence-electron chi connectivity index (χ2n) is 5.49. The number of fused-ring (bicyclic) bond motifs is 1. The van der Waals surface area contributed by atoms with E-state index in [-0.39, 0.29) is 30.3 Å². The highest BCUT2D eigenvalue weighted by Gasteiger charge is 2.17. The second-order valence-corrected chi connectivity index (χ2v) is 5.49. The number of carbonyl (C=O) groups is 2. The van der Waals surface area contributed by atoms with Crippen LogP contribution in [0.1, 0.15) is 43.2 Å². The summed E-state index contributed by atoms with van der Waals surface area (Å²) in [5, 5.41) is 16.4. The van der Waals surface area contributed by atoms with Gasteiger partial charge in [0.15, 0.2) is 5.69 Å². The number of nitrogens with one attached hydrogen (secondary N) is 1. The Balaban J connectivity index is 2.35. The van der Waals surface area contributed by atoms with Gasteiger partial charge < -0.3 is 10.4 Å². The molecule has 0 aliphatic rings. The molecule has 1 heterocycles. The van der Waals surface area contributed by atoms with Crippen LogP contribution in [0, 0.1) is 0 Å². The maximum Gasteiger partial charge on any atom is 0.303 e. The van der Waals surface area contributed by atoms with Gasteiger partial charge in [0.1, 0.15) is 0 Å². The molecule has 0 spiro atoms. The highest BCUT2D eigenvalue weighted by atomic mass is 16.4. The van der Waals surface area contributed by atoms with Crippen molar-refractivity contribution in [1.82, 2.24) is 15.1 Å². The molecule has 2 rings (SSSR count). The SMILES string of the molecule is CC(C)n1nc(C(=O)NCCCC(=O)O)c2ccccc2c1=O. The van der Waals surface area contributed by atoms with Crippen molar-refractivity contribution >= 4 is 22.6 Å². The molecule has 0 unspecified atom stereocenters. The van der Waals surface area contributed by atoms with Crippen molar-refractivity contribution in [2.24, 2.45) is 0 Å². The third-order valence-electron chi connectivity index (χ3n) is 3.39. The van der Waals surface area contributed by atoms with Crippen molar-refractivity contribution in [2.45, 2.75) is 32.7 Å². The van der Waals surface area contributed by atoms with E-state index in [1.54, 1.807) is 24.3 Å². The number of hydrogen-bond acceptors (Lipinski definition) is 4. The molecule has 0 saturated carbocycles. The summed E-state index contributed by atoms with van der Waals surface area (Å²) in [6.07, 6.45) is 0.322. The Morgan fingerprint density at radius 3 is 2.52 bits per heavy atom. The Morgan fingerprint density at radius 1 is 1.26 bits per heavy atom. The first-order valence-electron chi connectivity index (χ1n) is 7.43. The van der Waals surface area contributed by atoms with Crippen LogP contribution in [0.5, 0.6) is 0 Å². The largest absolute Gasteiger partial charge is 0.481 e. The maximum atomic E-state index is 12.4. The molecule has 1 aromatic carbocycles. The van der Waals surface area contributed by atoms with E-state index in [1.807, 2.05) is 13.8 Å². The van der Waals surface area contributed by atoms with Crippen LogP contribution in [0.25, 0.3) is 10.8 Å². The normalized spacial score (nSPS) is 10.9. The van der Waals surface area contributed by atoms with Gasteiger partial charge in [-0.2, -0.15) is 5.10 Å². The molecular weight excluding hydrogens is 298 g/mol. The van der Waals surface area contributed by atoms with Crippen LogP contribution in [0.3, 0.4) is 0 Å². The molecule has 122 valence electrons. The number of carboxylic acid groups (broad SMARTS) is 1. The molecule has 1 aromatic heterocycles. The Kier molecular flexibility index (Phi) is 5.10. The maximum absolute atomic E-state index is 12.4. The van der Waals surface area contributed by atoms with Crippen LogP contribution in [-0.4, -0.2) is 33.3 Å². The van der Waals surface area contributed by atoms with Gasteiger partial charge in [0.05, 0.1) is 11.4 Å². The Labute approximate surface area is 132 Å². The predicted molar refractivity (Wildman–Crippen MR) is 85.6 cm³/mol. The molecule has 0 radical (unpaired) electrons. The first kappa shape index (κ1) is 16.7. The zero-order chi connectivity index (χ0) is 17.0. The van der Waals surface area contributed by atoms with Crippen LogP contribution >= 0.6 is 0 Å². The fourth-order valence-corrected chi connectivity index (χ4v) is 2.25. The van der Waals surface area contributed by atoms with E-state index in [9.17, 15) is 14.4 Å². The molecule has 0 aliphatic heterocycles. The standard InChI is InChI=1S/C16H19N3O4/c1-10(2)19-16(23)12-7-4-3-6-11(12)14(18-19)15(22)17-9-5-8-13(20)21/h3-4,6-7,10H,5,8-9H2,1-2H3,(H,17,22)(H,20,21). The summed E-state index contributed by atoms with van der Waals surface area (Å²) in [6, 6.07) is 6.65. The molecule has 0 saturated heterocycles. The van der Waals surface area contributed by atoms with Gasteiger partial charge in [0.2, 0.25) is 0 Å². The van der Waals surface area contributed by atoms with E-state index >= 15 is 0 Å². The van der Waals surface area contributed by atoms with Crippen LogP contribution in [0.2, 0.25) is 0 Å². The van der Waals surface area contributed by atoms with E-state index in [2.05, 4.69) is 10.4 Å². The van der Waals surface area contributed by atoms with Gasteiger partial charge in [-0.05, 0) is 26.3 Å². The van der Waals surface area contributed by atoms with Gasteiger partial charge in [0, 0.05) is 18.4 Å². The lowest BCUT2D eigenvalue weighted by molar-refractivity contribution is -0.137. The third-order valence-corrected chi connectivity index (χ3v) is 3.39. The molecule has 2 aromatic rings. The second kappa shape index (κ2) is 7.04. The zero-order valence-corrected chi connectivity index (χ0v) is 13.1. The Hall–Kier alpha value is -2.70. The summed E-state index contributed by atoms with van der Waals surface area (Å²) < 4.78 is 1.29. The molecule has 23 heavy (non-hydrogen) atoms. The number of aliphatic carboxylic acids is 1. The van der Waals surface area contributed by atoms with Crippen molar-refractivity contribution in [1.29, 1.82) is 0 Å². The lowest BCUT2D eigenvalue weighted by Gasteiger charge is -2.13. The van der Waals surface area contributed by atoms with Crippen LogP contribution in [-0.2, 0) is 4.79 Å². The molecule has 7 nitrogen and oxygen atoms in total. The molecule has 0 atom stereocenters. The van der Waals surface area contributed by atoms with E-state index in [4.69, 9.17) is 5.11 Å². The average Bonchev–Trinajstić information content (AvgIpc) is 2.51. The first-order chi connectivity index (χ1) is 10.9. The van der Waals surface area contributed by atoms with Gasteiger partial charge in [-0.25, -0.2) is 4.68 Å². The minimum Gasteiger partial charge on any atom is -0.481 e. The van der Waals surface area contributed by atoms with Gasteiger partial charge in [-0.15, -0.1) is 0 Å². The fraction of sp³-hybridized carbons (Fsp3) is 0.375. The number of hydrogen-bond donors (Lipinski definition) is 2. The molecule has 0 aliphatic carbocycles. The summed E-state index contributed by atoms with van der Waals surface area (Å²) >= 11 is 0. The van der Waals surface area contributed by atoms with Crippen LogP contribution in [0.4, 0.5) is 0 Å². The number of carbonyl (C=O) groups excluding carboxylic acids is 1. The number of carboxylic acids is 1. The van der Waals surface area contributed by atoms with Crippen molar-refractivity contribution in [3.05, 3.63) is 40.3 Å². The summed E-state index contributed by atoms with van der Waals surface area (Å²) in [6.45, 7) is 3.87.